The average Bonchev–Trinajstić information content (AvgIpc) is 3.42. The molecule has 3 amide bonds. The highest BCUT2D eigenvalue weighted by Gasteiger charge is 2.48. The van der Waals surface area contributed by atoms with E-state index in [1.54, 1.807) is 17.0 Å². The van der Waals surface area contributed by atoms with E-state index in [1.807, 2.05) is 24.3 Å². The molecular weight excluding hydrogens is 448 g/mol. The number of benzene rings is 1. The summed E-state index contributed by atoms with van der Waals surface area (Å²) in [5, 5.41) is 3.02. The van der Waals surface area contributed by atoms with E-state index in [4.69, 9.17) is 17.3 Å². The molecule has 7 nitrogen and oxygen atoms in total. The van der Waals surface area contributed by atoms with Gasteiger partial charge in [0.15, 0.2) is 0 Å². The molecule has 3 aliphatic rings. The Morgan fingerprint density at radius 2 is 1.94 bits per heavy atom. The number of nitrogens with zero attached hydrogens (tertiary/aromatic N) is 2. The summed E-state index contributed by atoms with van der Waals surface area (Å²) >= 11 is 7.18. The maximum Gasteiger partial charge on any atom is 0.261 e. The van der Waals surface area contributed by atoms with Gasteiger partial charge in [-0.25, -0.2) is 0 Å². The van der Waals surface area contributed by atoms with E-state index >= 15 is 0 Å². The minimum Gasteiger partial charge on any atom is -0.370 e. The number of amides is 3. The van der Waals surface area contributed by atoms with Gasteiger partial charge in [-0.15, -0.1) is 11.3 Å². The van der Waals surface area contributed by atoms with Gasteiger partial charge in [0.25, 0.3) is 5.91 Å². The van der Waals surface area contributed by atoms with Crippen LogP contribution in [0.4, 0.5) is 5.69 Å². The molecule has 9 heteroatoms. The molecule has 3 N–H and O–H groups in total. The molecular formula is C23H25ClN4O3S. The minimum atomic E-state index is -0.359. The van der Waals surface area contributed by atoms with Gasteiger partial charge in [-0.05, 0) is 49.1 Å². The average molecular weight is 473 g/mol. The number of halogens is 1. The molecule has 32 heavy (non-hydrogen) atoms. The fourth-order valence-corrected chi connectivity index (χ4v) is 6.24. The zero-order chi connectivity index (χ0) is 22.5. The molecule has 1 aromatic carbocycles. The SMILES string of the molecule is NC(=O)CC1(c2ccc(N3CN4CC[C@@H](NC(=O)c5ccc(Cl)s5)[C@H]4C3=O)cc2)CCC1. The lowest BCUT2D eigenvalue weighted by Crippen LogP contribution is -2.46. The Hall–Kier alpha value is -2.42. The van der Waals surface area contributed by atoms with Gasteiger partial charge >= 0.3 is 0 Å². The molecule has 2 aromatic rings. The van der Waals surface area contributed by atoms with Gasteiger partial charge in [0.05, 0.1) is 21.9 Å². The van der Waals surface area contributed by atoms with Gasteiger partial charge in [-0.2, -0.15) is 0 Å². The Morgan fingerprint density at radius 1 is 1.19 bits per heavy atom. The molecule has 2 aliphatic heterocycles. The van der Waals surface area contributed by atoms with E-state index < -0.39 is 0 Å². The third kappa shape index (κ3) is 3.70. The van der Waals surface area contributed by atoms with Crippen molar-refractivity contribution in [2.75, 3.05) is 18.1 Å². The topological polar surface area (TPSA) is 95.7 Å². The highest BCUT2D eigenvalue weighted by atomic mass is 35.5. The molecule has 3 fully saturated rings. The lowest BCUT2D eigenvalue weighted by molar-refractivity contribution is -0.120. The Kier molecular flexibility index (Phi) is 5.47. The Labute approximate surface area is 195 Å². The smallest absolute Gasteiger partial charge is 0.261 e. The van der Waals surface area contributed by atoms with E-state index in [9.17, 15) is 14.4 Å². The van der Waals surface area contributed by atoms with Gasteiger partial charge < -0.3 is 11.1 Å². The van der Waals surface area contributed by atoms with E-state index in [0.717, 1.165) is 43.5 Å². The van der Waals surface area contributed by atoms with Crippen molar-refractivity contribution in [2.45, 2.75) is 49.6 Å². The van der Waals surface area contributed by atoms with Crippen LogP contribution in [0, 0.1) is 0 Å². The normalized spacial score (nSPS) is 24.3. The highest BCUT2D eigenvalue weighted by molar-refractivity contribution is 7.18. The zero-order valence-electron chi connectivity index (χ0n) is 17.6. The summed E-state index contributed by atoms with van der Waals surface area (Å²) in [5.41, 5.74) is 7.26. The third-order valence-electron chi connectivity index (χ3n) is 7.07. The monoisotopic (exact) mass is 472 g/mol. The minimum absolute atomic E-state index is 0.000236. The number of primary amides is 1. The van der Waals surface area contributed by atoms with Gasteiger partial charge in [-0.1, -0.05) is 30.2 Å². The maximum absolute atomic E-state index is 13.3. The van der Waals surface area contributed by atoms with E-state index in [1.165, 1.54) is 11.3 Å². The zero-order valence-corrected chi connectivity index (χ0v) is 19.1. The van der Waals surface area contributed by atoms with Crippen molar-refractivity contribution in [3.63, 3.8) is 0 Å². The molecule has 2 atom stereocenters. The van der Waals surface area contributed by atoms with Gasteiger partial charge in [0, 0.05) is 24.1 Å². The first-order valence-corrected chi connectivity index (χ1v) is 12.1. The van der Waals surface area contributed by atoms with Crippen LogP contribution in [0.15, 0.2) is 36.4 Å². The van der Waals surface area contributed by atoms with Crippen molar-refractivity contribution in [1.29, 1.82) is 0 Å². The summed E-state index contributed by atoms with van der Waals surface area (Å²) in [6.07, 6.45) is 4.13. The number of carbonyl (C=O) groups excluding carboxylic acids is 3. The number of thiophene rings is 1. The van der Waals surface area contributed by atoms with Gasteiger partial charge in [0.2, 0.25) is 11.8 Å². The van der Waals surface area contributed by atoms with Crippen molar-refractivity contribution >= 4 is 46.3 Å². The number of rotatable bonds is 6. The summed E-state index contributed by atoms with van der Waals surface area (Å²) in [5.74, 6) is -0.466. The highest BCUT2D eigenvalue weighted by Crippen LogP contribution is 2.46. The van der Waals surface area contributed by atoms with Crippen LogP contribution in [-0.4, -0.2) is 47.9 Å². The second kappa shape index (κ2) is 8.17. The molecule has 3 heterocycles. The van der Waals surface area contributed by atoms with Crippen molar-refractivity contribution in [1.82, 2.24) is 10.2 Å². The van der Waals surface area contributed by atoms with E-state index in [-0.39, 0.29) is 35.2 Å². The third-order valence-corrected chi connectivity index (χ3v) is 8.30. The van der Waals surface area contributed by atoms with Crippen LogP contribution in [0.25, 0.3) is 0 Å². The van der Waals surface area contributed by atoms with E-state index in [2.05, 4.69) is 10.2 Å². The largest absolute Gasteiger partial charge is 0.370 e. The molecule has 168 valence electrons. The second-order valence-corrected chi connectivity index (χ2v) is 10.7. The Bertz CT molecular complexity index is 1070. The molecule has 0 radical (unpaired) electrons. The molecule has 0 bridgehead atoms. The number of hydrogen-bond donors (Lipinski definition) is 2. The number of carbonyl (C=O) groups is 3. The van der Waals surface area contributed by atoms with Crippen molar-refractivity contribution in [3.8, 4) is 0 Å². The molecule has 1 aliphatic carbocycles. The molecule has 5 rings (SSSR count). The summed E-state index contributed by atoms with van der Waals surface area (Å²) in [6.45, 7) is 1.26. The van der Waals surface area contributed by atoms with Crippen molar-refractivity contribution in [3.05, 3.63) is 51.2 Å². The van der Waals surface area contributed by atoms with Crippen LogP contribution < -0.4 is 16.0 Å². The van der Waals surface area contributed by atoms with Crippen molar-refractivity contribution < 1.29 is 14.4 Å². The number of fused-ring (bicyclic) bond motifs is 1. The van der Waals surface area contributed by atoms with E-state index in [0.29, 0.717) is 22.3 Å². The summed E-state index contributed by atoms with van der Waals surface area (Å²) in [4.78, 5) is 41.8. The van der Waals surface area contributed by atoms with Gasteiger partial charge in [-0.3, -0.25) is 24.2 Å². The number of anilines is 1. The quantitative estimate of drug-likeness (QED) is 0.675. The fraction of sp³-hybridized carbons (Fsp3) is 0.435. The van der Waals surface area contributed by atoms with Crippen LogP contribution in [-0.2, 0) is 15.0 Å². The second-order valence-electron chi connectivity index (χ2n) is 8.96. The van der Waals surface area contributed by atoms with Gasteiger partial charge in [0.1, 0.15) is 6.04 Å². The molecule has 0 spiro atoms. The van der Waals surface area contributed by atoms with Crippen LogP contribution in [0.2, 0.25) is 4.34 Å². The molecule has 1 saturated carbocycles. The standard InChI is InChI=1S/C23H25ClN4O3S/c24-18-7-6-17(32-18)21(30)26-16-8-11-27-13-28(22(31)20(16)27)15-4-2-14(3-5-15)23(9-1-10-23)12-19(25)29/h2-7,16,20H,1,8-13H2,(H2,25,29)(H,26,30)/t16-,20+/m1/s1. The Morgan fingerprint density at radius 3 is 2.53 bits per heavy atom. The number of nitrogens with one attached hydrogen (secondary N) is 1. The molecule has 2 saturated heterocycles. The van der Waals surface area contributed by atoms with Crippen LogP contribution in [0.3, 0.4) is 0 Å². The lowest BCUT2D eigenvalue weighted by Gasteiger charge is -2.42. The Balaban J connectivity index is 1.29. The summed E-state index contributed by atoms with van der Waals surface area (Å²) < 4.78 is 0.564. The first-order chi connectivity index (χ1) is 15.4. The fourth-order valence-electron chi connectivity index (χ4n) is 5.29. The first kappa shape index (κ1) is 21.4. The predicted molar refractivity (Wildman–Crippen MR) is 124 cm³/mol. The number of hydrogen-bond acceptors (Lipinski definition) is 5. The predicted octanol–water partition coefficient (Wildman–Crippen LogP) is 2.88. The van der Waals surface area contributed by atoms with Crippen LogP contribution in [0.1, 0.15) is 47.3 Å². The summed E-state index contributed by atoms with van der Waals surface area (Å²) in [7, 11) is 0. The summed E-state index contributed by atoms with van der Waals surface area (Å²) in [6, 6.07) is 10.8. The molecule has 0 unspecified atom stereocenters. The van der Waals surface area contributed by atoms with Crippen LogP contribution >= 0.6 is 22.9 Å². The molecule has 1 aromatic heterocycles. The number of nitrogens with two attached hydrogens (primary N) is 1. The lowest BCUT2D eigenvalue weighted by atomic mass is 9.62. The first-order valence-electron chi connectivity index (χ1n) is 10.9. The van der Waals surface area contributed by atoms with Crippen LogP contribution in [0.5, 0.6) is 0 Å². The van der Waals surface area contributed by atoms with Crippen molar-refractivity contribution in [2.24, 2.45) is 5.73 Å². The maximum atomic E-state index is 13.3.